The molecule has 2 amide bonds. The zero-order chi connectivity index (χ0) is 14.9. The molecule has 0 atom stereocenters. The van der Waals surface area contributed by atoms with Gasteiger partial charge in [0, 0.05) is 0 Å². The quantitative estimate of drug-likeness (QED) is 0.324. The molecule has 0 aromatic heterocycles. The predicted octanol–water partition coefficient (Wildman–Crippen LogP) is -1.27. The summed E-state index contributed by atoms with van der Waals surface area (Å²) in [6.45, 7) is 4.06. The maximum atomic E-state index is 11.8. The average Bonchev–Trinajstić information content (AvgIpc) is 2.36. The van der Waals surface area contributed by atoms with Crippen molar-refractivity contribution in [1.82, 2.24) is 10.6 Å². The van der Waals surface area contributed by atoms with Gasteiger partial charge in [0.15, 0.2) is 0 Å². The molecular formula is C11H18N2O6. The van der Waals surface area contributed by atoms with Gasteiger partial charge >= 0.3 is 11.9 Å². The third-order valence-corrected chi connectivity index (χ3v) is 2.10. The number of ether oxygens (including phenoxy) is 2. The van der Waals surface area contributed by atoms with Crippen molar-refractivity contribution in [1.29, 1.82) is 0 Å². The van der Waals surface area contributed by atoms with E-state index in [-0.39, 0.29) is 19.8 Å². The molecule has 8 nitrogen and oxygen atoms in total. The minimum absolute atomic E-state index is 0.0519. The first-order valence-corrected chi connectivity index (χ1v) is 5.74. The van der Waals surface area contributed by atoms with E-state index in [1.54, 1.807) is 13.8 Å². The van der Waals surface area contributed by atoms with E-state index in [2.05, 4.69) is 10.6 Å². The molecule has 0 saturated carbocycles. The molecule has 19 heavy (non-hydrogen) atoms. The number of nitrogens with one attached hydrogen (secondary N) is 2. The first-order chi connectivity index (χ1) is 8.92. The van der Waals surface area contributed by atoms with Crippen LogP contribution in [0.2, 0.25) is 0 Å². The smallest absolute Gasteiger partial charge is 0.343 e. The minimum atomic E-state index is -1.94. The minimum Gasteiger partial charge on any atom is -0.464 e. The highest BCUT2D eigenvalue weighted by molar-refractivity contribution is 6.07. The van der Waals surface area contributed by atoms with Crippen molar-refractivity contribution in [2.24, 2.45) is 0 Å². The summed E-state index contributed by atoms with van der Waals surface area (Å²) in [4.78, 5) is 45.1. The Kier molecular flexibility index (Phi) is 7.16. The summed E-state index contributed by atoms with van der Waals surface area (Å²) in [5.74, 6) is -2.56. The van der Waals surface area contributed by atoms with Gasteiger partial charge in [0.2, 0.25) is 17.9 Å². The molecule has 2 N–H and O–H groups in total. The van der Waals surface area contributed by atoms with Crippen molar-refractivity contribution in [2.45, 2.75) is 26.3 Å². The summed E-state index contributed by atoms with van der Waals surface area (Å²) in [5, 5.41) is 4.30. The summed E-state index contributed by atoms with van der Waals surface area (Å²) in [6, 6.07) is 0. The Morgan fingerprint density at radius 2 is 1.58 bits per heavy atom. The average molecular weight is 274 g/mol. The lowest BCUT2D eigenvalue weighted by molar-refractivity contribution is -0.166. The Balaban J connectivity index is 4.94. The van der Waals surface area contributed by atoms with Crippen molar-refractivity contribution in [2.75, 3.05) is 19.8 Å². The molecule has 0 radical (unpaired) electrons. The monoisotopic (exact) mass is 274 g/mol. The SMILES string of the molecule is CCOC(=O)C(C)(NC(=O)CNC=O)C(=O)OCC. The maximum Gasteiger partial charge on any atom is 0.343 e. The van der Waals surface area contributed by atoms with Crippen LogP contribution in [-0.4, -0.2) is 49.6 Å². The third-order valence-electron chi connectivity index (χ3n) is 2.10. The molecule has 0 unspecified atom stereocenters. The molecule has 0 bridgehead atoms. The van der Waals surface area contributed by atoms with Crippen LogP contribution >= 0.6 is 0 Å². The number of carbonyl (C=O) groups excluding carboxylic acids is 4. The number of rotatable bonds is 8. The van der Waals surface area contributed by atoms with Crippen molar-refractivity contribution in [3.63, 3.8) is 0 Å². The molecular weight excluding hydrogens is 256 g/mol. The Morgan fingerprint density at radius 1 is 1.11 bits per heavy atom. The van der Waals surface area contributed by atoms with Crippen LogP contribution in [0.15, 0.2) is 0 Å². The Labute approximate surface area is 110 Å². The van der Waals surface area contributed by atoms with E-state index in [0.717, 1.165) is 0 Å². The second kappa shape index (κ2) is 8.06. The molecule has 0 spiro atoms. The molecule has 0 aromatic carbocycles. The Bertz CT molecular complexity index is 337. The third kappa shape index (κ3) is 4.94. The van der Waals surface area contributed by atoms with Gasteiger partial charge in [-0.3, -0.25) is 9.59 Å². The topological polar surface area (TPSA) is 111 Å². The van der Waals surface area contributed by atoms with E-state index in [1.807, 2.05) is 0 Å². The van der Waals surface area contributed by atoms with E-state index in [1.165, 1.54) is 6.92 Å². The van der Waals surface area contributed by atoms with Crippen LogP contribution in [-0.2, 0) is 28.7 Å². The fourth-order valence-corrected chi connectivity index (χ4v) is 1.19. The van der Waals surface area contributed by atoms with Crippen molar-refractivity contribution < 1.29 is 28.7 Å². The summed E-state index contributed by atoms with van der Waals surface area (Å²) in [6.07, 6.45) is 0.325. The summed E-state index contributed by atoms with van der Waals surface area (Å²) in [5.41, 5.74) is -1.94. The molecule has 0 heterocycles. The molecule has 8 heteroatoms. The highest BCUT2D eigenvalue weighted by Crippen LogP contribution is 2.10. The van der Waals surface area contributed by atoms with Crippen molar-refractivity contribution >= 4 is 24.3 Å². The van der Waals surface area contributed by atoms with Crippen LogP contribution in [0, 0.1) is 0 Å². The van der Waals surface area contributed by atoms with E-state index >= 15 is 0 Å². The van der Waals surface area contributed by atoms with Gasteiger partial charge in [0.25, 0.3) is 0 Å². The molecule has 0 fully saturated rings. The van der Waals surface area contributed by atoms with Crippen LogP contribution in [0.3, 0.4) is 0 Å². The molecule has 0 aromatic rings. The molecule has 0 aliphatic carbocycles. The van der Waals surface area contributed by atoms with Gasteiger partial charge in [-0.25, -0.2) is 9.59 Å². The number of hydrogen-bond donors (Lipinski definition) is 2. The van der Waals surface area contributed by atoms with Crippen LogP contribution in [0.1, 0.15) is 20.8 Å². The fraction of sp³-hybridized carbons (Fsp3) is 0.636. The first-order valence-electron chi connectivity index (χ1n) is 5.74. The zero-order valence-corrected chi connectivity index (χ0v) is 11.1. The number of hydrogen-bond acceptors (Lipinski definition) is 6. The van der Waals surface area contributed by atoms with Gasteiger partial charge in [-0.15, -0.1) is 0 Å². The summed E-state index contributed by atoms with van der Waals surface area (Å²) < 4.78 is 9.47. The largest absolute Gasteiger partial charge is 0.464 e. The second-order valence-corrected chi connectivity index (χ2v) is 3.61. The lowest BCUT2D eigenvalue weighted by Gasteiger charge is -2.25. The molecule has 0 rings (SSSR count). The van der Waals surface area contributed by atoms with Gasteiger partial charge in [0.05, 0.1) is 19.8 Å². The van der Waals surface area contributed by atoms with Gasteiger partial charge in [0.1, 0.15) is 0 Å². The second-order valence-electron chi connectivity index (χ2n) is 3.61. The molecule has 0 aliphatic rings. The van der Waals surface area contributed by atoms with Crippen LogP contribution < -0.4 is 10.6 Å². The summed E-state index contributed by atoms with van der Waals surface area (Å²) in [7, 11) is 0. The van der Waals surface area contributed by atoms with Gasteiger partial charge in [-0.2, -0.15) is 0 Å². The van der Waals surface area contributed by atoms with Gasteiger partial charge in [-0.05, 0) is 20.8 Å². The molecule has 0 aliphatic heterocycles. The van der Waals surface area contributed by atoms with Crippen LogP contribution in [0.25, 0.3) is 0 Å². The zero-order valence-electron chi connectivity index (χ0n) is 11.1. The van der Waals surface area contributed by atoms with E-state index in [9.17, 15) is 19.2 Å². The molecule has 108 valence electrons. The molecule has 0 saturated heterocycles. The van der Waals surface area contributed by atoms with Gasteiger partial charge in [-0.1, -0.05) is 0 Å². The normalized spacial score (nSPS) is 10.3. The lowest BCUT2D eigenvalue weighted by atomic mass is 10.0. The van der Waals surface area contributed by atoms with Crippen molar-refractivity contribution in [3.05, 3.63) is 0 Å². The first kappa shape index (κ1) is 16.9. The number of esters is 2. The van der Waals surface area contributed by atoms with Gasteiger partial charge < -0.3 is 20.1 Å². The number of amides is 2. The lowest BCUT2D eigenvalue weighted by Crippen LogP contribution is -2.60. The highest BCUT2D eigenvalue weighted by atomic mass is 16.6. The van der Waals surface area contributed by atoms with E-state index in [4.69, 9.17) is 9.47 Å². The van der Waals surface area contributed by atoms with Crippen molar-refractivity contribution in [3.8, 4) is 0 Å². The Hall–Kier alpha value is -2.12. The van der Waals surface area contributed by atoms with Crippen LogP contribution in [0.4, 0.5) is 0 Å². The predicted molar refractivity (Wildman–Crippen MR) is 63.9 cm³/mol. The fourth-order valence-electron chi connectivity index (χ4n) is 1.19. The van der Waals surface area contributed by atoms with E-state index in [0.29, 0.717) is 6.41 Å². The Morgan fingerprint density at radius 3 is 1.95 bits per heavy atom. The number of carbonyl (C=O) groups is 4. The maximum absolute atomic E-state index is 11.8. The standard InChI is InChI=1S/C11H18N2O6/c1-4-18-9(16)11(3,10(17)19-5-2)13-8(15)6-12-7-14/h7H,4-6H2,1-3H3,(H,12,14)(H,13,15). The summed E-state index contributed by atoms with van der Waals surface area (Å²) >= 11 is 0. The van der Waals surface area contributed by atoms with E-state index < -0.39 is 23.4 Å². The highest BCUT2D eigenvalue weighted by Gasteiger charge is 2.45. The van der Waals surface area contributed by atoms with Crippen LogP contribution in [0.5, 0.6) is 0 Å².